The van der Waals surface area contributed by atoms with Crippen LogP contribution in [-0.2, 0) is 0 Å². The second-order valence-electron chi connectivity index (χ2n) is 3.73. The molecule has 1 rings (SSSR count). The van der Waals surface area contributed by atoms with E-state index in [1.54, 1.807) is 12.1 Å². The lowest BCUT2D eigenvalue weighted by atomic mass is 10.2. The Labute approximate surface area is 120 Å². The summed E-state index contributed by atoms with van der Waals surface area (Å²) in [5.74, 6) is 0.510. The molecule has 0 aliphatic heterocycles. The van der Waals surface area contributed by atoms with Crippen LogP contribution in [0, 0.1) is 17.1 Å². The fourth-order valence-electron chi connectivity index (χ4n) is 1.55. The van der Waals surface area contributed by atoms with Gasteiger partial charge in [0, 0.05) is 17.2 Å². The van der Waals surface area contributed by atoms with Gasteiger partial charge in [-0.2, -0.15) is 5.26 Å². The first-order chi connectivity index (χ1) is 8.63. The Morgan fingerprint density at radius 3 is 2.61 bits per heavy atom. The van der Waals surface area contributed by atoms with Gasteiger partial charge >= 0.3 is 0 Å². The predicted molar refractivity (Wildman–Crippen MR) is 77.3 cm³/mol. The maximum Gasteiger partial charge on any atom is 0.152 e. The predicted octanol–water partition coefficient (Wildman–Crippen LogP) is 3.89. The van der Waals surface area contributed by atoms with Gasteiger partial charge in [-0.05, 0) is 41.2 Å². The highest BCUT2D eigenvalue weighted by Crippen LogP contribution is 2.29. The van der Waals surface area contributed by atoms with Gasteiger partial charge in [-0.25, -0.2) is 4.39 Å². The first-order valence-corrected chi connectivity index (χ1v) is 7.65. The Morgan fingerprint density at radius 2 is 2.06 bits per heavy atom. The molecule has 0 amide bonds. The van der Waals surface area contributed by atoms with Crippen molar-refractivity contribution in [3.8, 4) is 6.07 Å². The first-order valence-electron chi connectivity index (χ1n) is 5.87. The normalized spacial score (nSPS) is 10.7. The van der Waals surface area contributed by atoms with E-state index in [1.165, 1.54) is 11.8 Å². The molecule has 0 N–H and O–H groups in total. The Balaban J connectivity index is 2.64. The highest BCUT2D eigenvalue weighted by Gasteiger charge is 2.11. The van der Waals surface area contributed by atoms with Crippen molar-refractivity contribution in [1.82, 2.24) is 4.90 Å². The quantitative estimate of drug-likeness (QED) is 0.740. The van der Waals surface area contributed by atoms with E-state index in [2.05, 4.69) is 34.7 Å². The minimum atomic E-state index is -0.335. The summed E-state index contributed by atoms with van der Waals surface area (Å²) in [5, 5.41) is 8.79. The molecule has 1 aromatic rings. The van der Waals surface area contributed by atoms with Crippen molar-refractivity contribution in [3.63, 3.8) is 0 Å². The van der Waals surface area contributed by atoms with Crippen molar-refractivity contribution >= 4 is 27.7 Å². The Bertz CT molecular complexity index is 441. The van der Waals surface area contributed by atoms with Crippen LogP contribution in [0.25, 0.3) is 0 Å². The molecule has 5 heteroatoms. The summed E-state index contributed by atoms with van der Waals surface area (Å²) in [6.45, 7) is 7.20. The average molecular weight is 331 g/mol. The molecule has 2 nitrogen and oxygen atoms in total. The highest BCUT2D eigenvalue weighted by atomic mass is 79.9. The Kier molecular flexibility index (Phi) is 6.69. The molecule has 0 aliphatic rings. The van der Waals surface area contributed by atoms with Crippen molar-refractivity contribution in [3.05, 3.63) is 28.0 Å². The molecule has 0 spiro atoms. The fourth-order valence-corrected chi connectivity index (χ4v) is 3.08. The smallest absolute Gasteiger partial charge is 0.152 e. The third kappa shape index (κ3) is 3.98. The van der Waals surface area contributed by atoms with Gasteiger partial charge in [-0.1, -0.05) is 13.8 Å². The van der Waals surface area contributed by atoms with Gasteiger partial charge in [0.05, 0.1) is 10.0 Å². The summed E-state index contributed by atoms with van der Waals surface area (Å²) in [6, 6.07) is 5.27. The van der Waals surface area contributed by atoms with E-state index in [0.29, 0.717) is 10.5 Å². The lowest BCUT2D eigenvalue weighted by molar-refractivity contribution is 0.324. The number of halogens is 2. The molecular formula is C13H16BrFN2S. The second kappa shape index (κ2) is 7.78. The standard InChI is InChI=1S/C13H16BrFN2S/c1-3-17(4-2)7-8-18-11-6-5-10(9-16)12(14)13(11)15/h5-6H,3-4,7-8H2,1-2H3. The monoisotopic (exact) mass is 330 g/mol. The van der Waals surface area contributed by atoms with E-state index in [-0.39, 0.29) is 10.3 Å². The minimum absolute atomic E-state index is 0.262. The van der Waals surface area contributed by atoms with E-state index in [4.69, 9.17) is 5.26 Å². The maximum absolute atomic E-state index is 13.9. The fraction of sp³-hybridized carbons (Fsp3) is 0.462. The zero-order valence-electron chi connectivity index (χ0n) is 10.5. The molecule has 0 radical (unpaired) electrons. The SMILES string of the molecule is CCN(CC)CCSc1ccc(C#N)c(Br)c1F. The van der Waals surface area contributed by atoms with Crippen molar-refractivity contribution in [2.75, 3.05) is 25.4 Å². The zero-order valence-corrected chi connectivity index (χ0v) is 12.9. The molecule has 0 bridgehead atoms. The van der Waals surface area contributed by atoms with Gasteiger partial charge in [0.2, 0.25) is 0 Å². The summed E-state index contributed by atoms with van der Waals surface area (Å²) < 4.78 is 14.2. The number of thioether (sulfide) groups is 1. The minimum Gasteiger partial charge on any atom is -0.303 e. The summed E-state index contributed by atoms with van der Waals surface area (Å²) in [7, 11) is 0. The van der Waals surface area contributed by atoms with Crippen molar-refractivity contribution in [1.29, 1.82) is 5.26 Å². The molecule has 0 unspecified atom stereocenters. The van der Waals surface area contributed by atoms with Crippen LogP contribution in [0.1, 0.15) is 19.4 Å². The average Bonchev–Trinajstić information content (AvgIpc) is 2.39. The molecule has 0 aromatic heterocycles. The van der Waals surface area contributed by atoms with Crippen LogP contribution in [0.5, 0.6) is 0 Å². The van der Waals surface area contributed by atoms with Crippen molar-refractivity contribution in [2.45, 2.75) is 18.7 Å². The lowest BCUT2D eigenvalue weighted by Crippen LogP contribution is -2.25. The molecule has 98 valence electrons. The Morgan fingerprint density at radius 1 is 1.39 bits per heavy atom. The van der Waals surface area contributed by atoms with Gasteiger partial charge in [-0.3, -0.25) is 0 Å². The van der Waals surface area contributed by atoms with E-state index in [1.807, 2.05) is 6.07 Å². The molecular weight excluding hydrogens is 315 g/mol. The van der Waals surface area contributed by atoms with Gasteiger partial charge in [0.25, 0.3) is 0 Å². The van der Waals surface area contributed by atoms with Gasteiger partial charge < -0.3 is 4.90 Å². The third-order valence-electron chi connectivity index (χ3n) is 2.73. The van der Waals surface area contributed by atoms with E-state index in [0.717, 1.165) is 25.4 Å². The number of hydrogen-bond donors (Lipinski definition) is 0. The number of hydrogen-bond acceptors (Lipinski definition) is 3. The van der Waals surface area contributed by atoms with Gasteiger partial charge in [0.1, 0.15) is 6.07 Å². The molecule has 1 aromatic carbocycles. The summed E-state index contributed by atoms with van der Waals surface area (Å²) in [5.41, 5.74) is 0.334. The van der Waals surface area contributed by atoms with Crippen LogP contribution in [0.2, 0.25) is 0 Å². The van der Waals surface area contributed by atoms with Crippen LogP contribution < -0.4 is 0 Å². The molecule has 18 heavy (non-hydrogen) atoms. The number of benzene rings is 1. The zero-order chi connectivity index (χ0) is 13.5. The molecule has 0 saturated carbocycles. The number of rotatable bonds is 6. The largest absolute Gasteiger partial charge is 0.303 e. The molecule has 0 aliphatic carbocycles. The van der Waals surface area contributed by atoms with Crippen LogP contribution >= 0.6 is 27.7 Å². The molecule has 0 saturated heterocycles. The van der Waals surface area contributed by atoms with Crippen LogP contribution in [0.4, 0.5) is 4.39 Å². The van der Waals surface area contributed by atoms with Gasteiger partial charge in [0.15, 0.2) is 5.82 Å². The number of nitrogens with zero attached hydrogens (tertiary/aromatic N) is 2. The summed E-state index contributed by atoms with van der Waals surface area (Å²) in [4.78, 5) is 2.89. The topological polar surface area (TPSA) is 27.0 Å². The van der Waals surface area contributed by atoms with Gasteiger partial charge in [-0.15, -0.1) is 11.8 Å². The lowest BCUT2D eigenvalue weighted by Gasteiger charge is -2.17. The molecule has 0 atom stereocenters. The number of nitriles is 1. The van der Waals surface area contributed by atoms with Crippen LogP contribution in [-0.4, -0.2) is 30.3 Å². The van der Waals surface area contributed by atoms with E-state index in [9.17, 15) is 4.39 Å². The maximum atomic E-state index is 13.9. The summed E-state index contributed by atoms with van der Waals surface area (Å²) >= 11 is 4.60. The van der Waals surface area contributed by atoms with E-state index >= 15 is 0 Å². The van der Waals surface area contributed by atoms with E-state index < -0.39 is 0 Å². The molecule has 0 heterocycles. The van der Waals surface area contributed by atoms with Crippen molar-refractivity contribution in [2.24, 2.45) is 0 Å². The van der Waals surface area contributed by atoms with Crippen molar-refractivity contribution < 1.29 is 4.39 Å². The summed E-state index contributed by atoms with van der Waals surface area (Å²) in [6.07, 6.45) is 0. The first kappa shape index (κ1) is 15.5. The molecule has 0 fully saturated rings. The van der Waals surface area contributed by atoms with Crippen LogP contribution in [0.3, 0.4) is 0 Å². The second-order valence-corrected chi connectivity index (χ2v) is 5.66. The van der Waals surface area contributed by atoms with Crippen LogP contribution in [0.15, 0.2) is 21.5 Å². The Hall–Kier alpha value is -0.570. The third-order valence-corrected chi connectivity index (χ3v) is 4.52. The highest BCUT2D eigenvalue weighted by molar-refractivity contribution is 9.10.